The van der Waals surface area contributed by atoms with E-state index in [2.05, 4.69) is 10.2 Å². The topological polar surface area (TPSA) is 62.8 Å². The highest BCUT2D eigenvalue weighted by Gasteiger charge is 2.10. The Labute approximate surface area is 69.0 Å². The molecule has 1 aromatic rings. The van der Waals surface area contributed by atoms with Gasteiger partial charge in [0.15, 0.2) is 0 Å². The second-order valence-corrected chi connectivity index (χ2v) is 4.99. The van der Waals surface area contributed by atoms with E-state index in [0.29, 0.717) is 5.69 Å². The Balaban J connectivity index is 2.89. The first-order valence-electron chi connectivity index (χ1n) is 2.90. The Morgan fingerprint density at radius 2 is 2.36 bits per heavy atom. The van der Waals surface area contributed by atoms with Gasteiger partial charge in [-0.2, -0.15) is 5.10 Å². The predicted molar refractivity (Wildman–Crippen MR) is 41.8 cm³/mol. The maximum Gasteiger partial charge on any atom is 0.238 e. The van der Waals surface area contributed by atoms with Gasteiger partial charge in [-0.3, -0.25) is 5.10 Å². The number of halogens is 1. The third kappa shape index (κ3) is 2.51. The van der Waals surface area contributed by atoms with Gasteiger partial charge in [-0.15, -0.1) is 0 Å². The molecule has 0 radical (unpaired) electrons. The van der Waals surface area contributed by atoms with Crippen LogP contribution in [0.4, 0.5) is 0 Å². The van der Waals surface area contributed by atoms with E-state index in [1.54, 1.807) is 13.1 Å². The van der Waals surface area contributed by atoms with Crippen molar-refractivity contribution in [2.75, 3.05) is 0 Å². The molecule has 0 aromatic carbocycles. The average molecular weight is 195 g/mol. The highest BCUT2D eigenvalue weighted by molar-refractivity contribution is 8.13. The van der Waals surface area contributed by atoms with Crippen LogP contribution in [-0.4, -0.2) is 18.6 Å². The van der Waals surface area contributed by atoms with Crippen LogP contribution in [0.3, 0.4) is 0 Å². The summed E-state index contributed by atoms with van der Waals surface area (Å²) in [5.41, 5.74) is 1.34. The molecule has 11 heavy (non-hydrogen) atoms. The molecular formula is C5H7ClN2O2S. The molecule has 0 saturated heterocycles. The lowest BCUT2D eigenvalue weighted by atomic mass is 10.3. The lowest BCUT2D eigenvalue weighted by molar-refractivity contribution is 0.608. The molecule has 4 nitrogen and oxygen atoms in total. The number of hydrogen-bond donors (Lipinski definition) is 1. The normalized spacial score (nSPS) is 11.8. The van der Waals surface area contributed by atoms with E-state index < -0.39 is 9.05 Å². The Hall–Kier alpha value is -0.550. The molecule has 0 spiro atoms. The monoisotopic (exact) mass is 194 g/mol. The van der Waals surface area contributed by atoms with E-state index in [9.17, 15) is 8.42 Å². The molecule has 62 valence electrons. The Morgan fingerprint density at radius 1 is 1.73 bits per heavy atom. The molecule has 0 aliphatic rings. The molecule has 0 saturated carbocycles. The maximum absolute atomic E-state index is 10.6. The van der Waals surface area contributed by atoms with E-state index in [4.69, 9.17) is 10.7 Å². The number of nitrogens with zero attached hydrogens (tertiary/aromatic N) is 1. The first-order valence-corrected chi connectivity index (χ1v) is 5.38. The van der Waals surface area contributed by atoms with Crippen molar-refractivity contribution in [1.82, 2.24) is 10.2 Å². The summed E-state index contributed by atoms with van der Waals surface area (Å²) in [5, 5.41) is 6.21. The second kappa shape index (κ2) is 2.83. The van der Waals surface area contributed by atoms with Crippen LogP contribution in [0.15, 0.2) is 6.20 Å². The molecule has 0 aliphatic carbocycles. The van der Waals surface area contributed by atoms with E-state index in [-0.39, 0.29) is 5.75 Å². The zero-order valence-corrected chi connectivity index (χ0v) is 7.41. The fourth-order valence-corrected chi connectivity index (χ4v) is 1.66. The summed E-state index contributed by atoms with van der Waals surface area (Å²) >= 11 is 0. The fraction of sp³-hybridized carbons (Fsp3) is 0.400. The van der Waals surface area contributed by atoms with Crippen molar-refractivity contribution in [3.05, 3.63) is 17.5 Å². The van der Waals surface area contributed by atoms with Crippen LogP contribution in [-0.2, 0) is 14.8 Å². The first-order chi connectivity index (χ1) is 4.99. The largest absolute Gasteiger partial charge is 0.281 e. The highest BCUT2D eigenvalue weighted by atomic mass is 35.7. The van der Waals surface area contributed by atoms with Crippen LogP contribution in [0, 0.1) is 6.92 Å². The summed E-state index contributed by atoms with van der Waals surface area (Å²) in [6.07, 6.45) is 1.55. The number of nitrogens with one attached hydrogen (secondary N) is 1. The number of aryl methyl sites for hydroxylation is 1. The number of H-pyrrole nitrogens is 1. The number of aromatic amines is 1. The van der Waals surface area contributed by atoms with E-state index in [0.717, 1.165) is 5.56 Å². The van der Waals surface area contributed by atoms with Gasteiger partial charge in [0.05, 0.1) is 11.9 Å². The minimum Gasteiger partial charge on any atom is -0.281 e. The molecule has 0 atom stereocenters. The second-order valence-electron chi connectivity index (χ2n) is 2.21. The molecule has 1 N–H and O–H groups in total. The summed E-state index contributed by atoms with van der Waals surface area (Å²) in [7, 11) is 1.55. The molecule has 0 unspecified atom stereocenters. The molecule has 0 aliphatic heterocycles. The Kier molecular flexibility index (Phi) is 2.20. The number of aromatic nitrogens is 2. The van der Waals surface area contributed by atoms with Gasteiger partial charge in [0, 0.05) is 10.7 Å². The average Bonchev–Trinajstić information content (AvgIpc) is 2.12. The zero-order chi connectivity index (χ0) is 8.48. The molecular weight excluding hydrogens is 188 g/mol. The number of hydrogen-bond acceptors (Lipinski definition) is 3. The zero-order valence-electron chi connectivity index (χ0n) is 5.83. The van der Waals surface area contributed by atoms with Crippen LogP contribution < -0.4 is 0 Å². The van der Waals surface area contributed by atoms with Crippen LogP contribution in [0.2, 0.25) is 0 Å². The minimum atomic E-state index is -3.47. The summed E-state index contributed by atoms with van der Waals surface area (Å²) < 4.78 is 21.1. The van der Waals surface area contributed by atoms with Crippen LogP contribution in [0.1, 0.15) is 11.3 Å². The minimum absolute atomic E-state index is 0.194. The van der Waals surface area contributed by atoms with Crippen molar-refractivity contribution in [3.8, 4) is 0 Å². The van der Waals surface area contributed by atoms with Crippen molar-refractivity contribution in [3.63, 3.8) is 0 Å². The van der Waals surface area contributed by atoms with E-state index in [1.165, 1.54) is 0 Å². The van der Waals surface area contributed by atoms with Gasteiger partial charge in [-0.05, 0) is 12.5 Å². The first kappa shape index (κ1) is 8.55. The van der Waals surface area contributed by atoms with Gasteiger partial charge in [-0.25, -0.2) is 8.42 Å². The van der Waals surface area contributed by atoms with Crippen molar-refractivity contribution < 1.29 is 8.42 Å². The highest BCUT2D eigenvalue weighted by Crippen LogP contribution is 2.09. The van der Waals surface area contributed by atoms with Crippen molar-refractivity contribution >= 4 is 19.7 Å². The van der Waals surface area contributed by atoms with Gasteiger partial charge in [-0.1, -0.05) is 0 Å². The van der Waals surface area contributed by atoms with Gasteiger partial charge < -0.3 is 0 Å². The lowest BCUT2D eigenvalue weighted by Gasteiger charge is -1.92. The van der Waals surface area contributed by atoms with Gasteiger partial charge >= 0.3 is 0 Å². The smallest absolute Gasteiger partial charge is 0.238 e. The maximum atomic E-state index is 10.6. The SMILES string of the molecule is Cc1cn[nH]c1CS(=O)(=O)Cl. The van der Waals surface area contributed by atoms with Gasteiger partial charge in [0.2, 0.25) is 9.05 Å². The Bertz CT molecular complexity index is 343. The molecule has 1 rings (SSSR count). The Morgan fingerprint density at radius 3 is 2.73 bits per heavy atom. The molecule has 0 amide bonds. The molecule has 1 heterocycles. The molecule has 0 fully saturated rings. The van der Waals surface area contributed by atoms with Crippen LogP contribution in [0.5, 0.6) is 0 Å². The summed E-state index contributed by atoms with van der Waals surface area (Å²) in [6.45, 7) is 1.76. The van der Waals surface area contributed by atoms with Crippen molar-refractivity contribution in [1.29, 1.82) is 0 Å². The molecule has 1 aromatic heterocycles. The van der Waals surface area contributed by atoms with Crippen LogP contribution >= 0.6 is 10.7 Å². The fourth-order valence-electron chi connectivity index (χ4n) is 0.692. The standard InChI is InChI=1S/C5H7ClN2O2S/c1-4-2-7-8-5(4)3-11(6,9)10/h2H,3H2,1H3,(H,7,8). The van der Waals surface area contributed by atoms with Crippen LogP contribution in [0.25, 0.3) is 0 Å². The third-order valence-electron chi connectivity index (χ3n) is 1.25. The number of rotatable bonds is 2. The van der Waals surface area contributed by atoms with E-state index >= 15 is 0 Å². The predicted octanol–water partition coefficient (Wildman–Crippen LogP) is 0.787. The van der Waals surface area contributed by atoms with Crippen molar-refractivity contribution in [2.24, 2.45) is 0 Å². The van der Waals surface area contributed by atoms with Gasteiger partial charge in [0.25, 0.3) is 0 Å². The third-order valence-corrected chi connectivity index (χ3v) is 2.21. The molecule has 6 heteroatoms. The quantitative estimate of drug-likeness (QED) is 0.708. The summed E-state index contributed by atoms with van der Waals surface area (Å²) in [4.78, 5) is 0. The summed E-state index contributed by atoms with van der Waals surface area (Å²) in [6, 6.07) is 0. The van der Waals surface area contributed by atoms with Gasteiger partial charge in [0.1, 0.15) is 5.75 Å². The lowest BCUT2D eigenvalue weighted by Crippen LogP contribution is -1.96. The van der Waals surface area contributed by atoms with E-state index in [1.807, 2.05) is 0 Å². The van der Waals surface area contributed by atoms with Crippen molar-refractivity contribution in [2.45, 2.75) is 12.7 Å². The molecule has 0 bridgehead atoms. The summed E-state index contributed by atoms with van der Waals surface area (Å²) in [5.74, 6) is -0.194.